The minimum atomic E-state index is -0.506. The van der Waals surface area contributed by atoms with Crippen molar-refractivity contribution in [2.24, 2.45) is 18.7 Å². The molecule has 0 aliphatic heterocycles. The van der Waals surface area contributed by atoms with Crippen molar-refractivity contribution in [3.8, 4) is 28.6 Å². The molecule has 2 aromatic heterocycles. The number of anilines is 1. The molecule has 1 aliphatic carbocycles. The maximum Gasteiger partial charge on any atom is 0.251 e. The highest BCUT2D eigenvalue weighted by Crippen LogP contribution is 2.41. The molecule has 10 nitrogen and oxygen atoms in total. The molecule has 0 saturated carbocycles. The monoisotopic (exact) mass is 531 g/mol. The van der Waals surface area contributed by atoms with Crippen molar-refractivity contribution in [3.05, 3.63) is 28.1 Å². The summed E-state index contributed by atoms with van der Waals surface area (Å²) in [5.74, 6) is 1.96. The number of thioether (sulfide) groups is 1. The number of thiophene rings is 1. The van der Waals surface area contributed by atoms with Gasteiger partial charge in [-0.05, 0) is 42.9 Å². The molecule has 1 aromatic carbocycles. The van der Waals surface area contributed by atoms with Crippen LogP contribution in [0, 0.1) is 5.92 Å². The number of rotatable bonds is 9. The Morgan fingerprint density at radius 2 is 1.89 bits per heavy atom. The molecular weight excluding hydrogens is 502 g/mol. The number of nitrogens with two attached hydrogens (primary N) is 1. The van der Waals surface area contributed by atoms with E-state index in [0.29, 0.717) is 44.7 Å². The summed E-state index contributed by atoms with van der Waals surface area (Å²) in [4.78, 5) is 26.1. The number of nitrogens with one attached hydrogen (secondary N) is 1. The van der Waals surface area contributed by atoms with E-state index in [2.05, 4.69) is 22.4 Å². The Kier molecular flexibility index (Phi) is 7.74. The summed E-state index contributed by atoms with van der Waals surface area (Å²) in [5.41, 5.74) is 7.81. The lowest BCUT2D eigenvalue weighted by Gasteiger charge is -2.18. The van der Waals surface area contributed by atoms with Crippen LogP contribution in [-0.2, 0) is 24.7 Å². The highest BCUT2D eigenvalue weighted by atomic mass is 32.2. The highest BCUT2D eigenvalue weighted by molar-refractivity contribution is 7.99. The Bertz CT molecular complexity index is 1280. The zero-order valence-electron chi connectivity index (χ0n) is 20.8. The van der Waals surface area contributed by atoms with Gasteiger partial charge in [-0.15, -0.1) is 21.5 Å². The number of amides is 2. The van der Waals surface area contributed by atoms with Crippen LogP contribution in [0.3, 0.4) is 0 Å². The molecule has 0 fully saturated rings. The number of carbonyl (C=O) groups excluding carboxylic acids is 2. The van der Waals surface area contributed by atoms with E-state index in [4.69, 9.17) is 19.9 Å². The normalized spacial score (nSPS) is 14.8. The number of primary amides is 1. The van der Waals surface area contributed by atoms with Crippen molar-refractivity contribution in [3.63, 3.8) is 0 Å². The number of aromatic nitrogens is 3. The minimum absolute atomic E-state index is 0.0956. The standard InChI is InChI=1S/C24H29N5O5S2/c1-12-6-7-14-17(8-12)36-23(19(14)21(25)31)26-18(30)11-35-24-28-27-22(29(24)2)13-9-15(32-3)20(34-5)16(10-13)33-4/h9-10,12H,6-8,11H2,1-5H3,(H2,25,31)(H,26,30)/t12-/m0/s1. The van der Waals surface area contributed by atoms with Crippen molar-refractivity contribution < 1.29 is 23.8 Å². The lowest BCUT2D eigenvalue weighted by Crippen LogP contribution is -2.20. The first-order valence-electron chi connectivity index (χ1n) is 11.3. The number of benzene rings is 1. The molecule has 4 rings (SSSR count). The molecule has 12 heteroatoms. The average Bonchev–Trinajstić information content (AvgIpc) is 3.40. The molecule has 0 bridgehead atoms. The maximum absolute atomic E-state index is 12.8. The zero-order valence-corrected chi connectivity index (χ0v) is 22.5. The van der Waals surface area contributed by atoms with Crippen molar-refractivity contribution in [2.75, 3.05) is 32.4 Å². The van der Waals surface area contributed by atoms with Crippen molar-refractivity contribution in [1.29, 1.82) is 0 Å². The fourth-order valence-electron chi connectivity index (χ4n) is 4.29. The van der Waals surface area contributed by atoms with Gasteiger partial charge in [-0.3, -0.25) is 9.59 Å². The summed E-state index contributed by atoms with van der Waals surface area (Å²) in [6.45, 7) is 2.19. The molecule has 0 saturated heterocycles. The fourth-order valence-corrected chi connectivity index (χ4v) is 6.44. The molecule has 36 heavy (non-hydrogen) atoms. The Morgan fingerprint density at radius 3 is 2.50 bits per heavy atom. The second-order valence-corrected chi connectivity index (χ2v) is 10.6. The Hall–Kier alpha value is -3.25. The topological polar surface area (TPSA) is 131 Å². The SMILES string of the molecule is COc1cc(-c2nnc(SCC(=O)Nc3sc4c(c3C(N)=O)CC[C@H](C)C4)n2C)cc(OC)c1OC. The molecule has 0 unspecified atom stereocenters. The number of hydrogen-bond acceptors (Lipinski definition) is 9. The smallest absolute Gasteiger partial charge is 0.251 e. The molecule has 3 aromatic rings. The number of carbonyl (C=O) groups is 2. The summed E-state index contributed by atoms with van der Waals surface area (Å²) in [6.07, 6.45) is 2.71. The van der Waals surface area contributed by atoms with Crippen molar-refractivity contribution in [2.45, 2.75) is 31.3 Å². The zero-order chi connectivity index (χ0) is 26.0. The second-order valence-electron chi connectivity index (χ2n) is 8.54. The largest absolute Gasteiger partial charge is 0.493 e. The number of methoxy groups -OCH3 is 3. The van der Waals surface area contributed by atoms with Crippen LogP contribution in [0.1, 0.15) is 34.1 Å². The Labute approximate surface area is 217 Å². The average molecular weight is 532 g/mol. The summed E-state index contributed by atoms with van der Waals surface area (Å²) in [6, 6.07) is 3.58. The third-order valence-electron chi connectivity index (χ3n) is 6.10. The van der Waals surface area contributed by atoms with Crippen LogP contribution in [-0.4, -0.2) is 53.7 Å². The summed E-state index contributed by atoms with van der Waals surface area (Å²) in [7, 11) is 6.46. The molecule has 1 atom stereocenters. The molecule has 2 heterocycles. The molecule has 2 amide bonds. The second kappa shape index (κ2) is 10.8. The van der Waals surface area contributed by atoms with Gasteiger partial charge in [0.25, 0.3) is 5.91 Å². The molecule has 1 aliphatic rings. The molecule has 0 radical (unpaired) electrons. The van der Waals surface area contributed by atoms with Gasteiger partial charge in [-0.2, -0.15) is 0 Å². The highest BCUT2D eigenvalue weighted by Gasteiger charge is 2.27. The van der Waals surface area contributed by atoms with Gasteiger partial charge in [0.1, 0.15) is 5.00 Å². The third kappa shape index (κ3) is 5.00. The van der Waals surface area contributed by atoms with Gasteiger partial charge < -0.3 is 29.8 Å². The first kappa shape index (κ1) is 25.8. The predicted molar refractivity (Wildman–Crippen MR) is 139 cm³/mol. The number of fused-ring (bicyclic) bond motifs is 1. The fraction of sp³-hybridized carbons (Fsp3) is 0.417. The van der Waals surface area contributed by atoms with Crippen LogP contribution < -0.4 is 25.3 Å². The van der Waals surface area contributed by atoms with E-state index in [1.807, 2.05) is 7.05 Å². The van der Waals surface area contributed by atoms with Gasteiger partial charge in [0, 0.05) is 17.5 Å². The van der Waals surface area contributed by atoms with Crippen LogP contribution >= 0.6 is 23.1 Å². The van der Waals surface area contributed by atoms with E-state index in [0.717, 1.165) is 35.3 Å². The summed E-state index contributed by atoms with van der Waals surface area (Å²) in [5, 5.41) is 12.5. The molecule has 3 N–H and O–H groups in total. The lowest BCUT2D eigenvalue weighted by atomic mass is 9.88. The van der Waals surface area contributed by atoms with E-state index in [1.165, 1.54) is 23.1 Å². The van der Waals surface area contributed by atoms with Crippen molar-refractivity contribution in [1.82, 2.24) is 14.8 Å². The van der Waals surface area contributed by atoms with Crippen LogP contribution in [0.5, 0.6) is 17.2 Å². The van der Waals surface area contributed by atoms with Crippen LogP contribution in [0.2, 0.25) is 0 Å². The van der Waals surface area contributed by atoms with Crippen LogP contribution in [0.15, 0.2) is 17.3 Å². The van der Waals surface area contributed by atoms with Gasteiger partial charge in [-0.1, -0.05) is 18.7 Å². The summed E-state index contributed by atoms with van der Waals surface area (Å²) < 4.78 is 18.0. The minimum Gasteiger partial charge on any atom is -0.493 e. The number of hydrogen-bond donors (Lipinski definition) is 2. The van der Waals surface area contributed by atoms with Gasteiger partial charge in [-0.25, -0.2) is 0 Å². The summed E-state index contributed by atoms with van der Waals surface area (Å²) >= 11 is 2.69. The Balaban J connectivity index is 1.49. The van der Waals surface area contributed by atoms with Gasteiger partial charge in [0.05, 0.1) is 32.6 Å². The number of ether oxygens (including phenoxy) is 3. The van der Waals surface area contributed by atoms with E-state index in [-0.39, 0.29) is 11.7 Å². The van der Waals surface area contributed by atoms with Crippen LogP contribution in [0.4, 0.5) is 5.00 Å². The number of nitrogens with zero attached hydrogens (tertiary/aromatic N) is 3. The van der Waals surface area contributed by atoms with E-state index >= 15 is 0 Å². The first-order valence-corrected chi connectivity index (χ1v) is 13.1. The molecular formula is C24H29N5O5S2. The van der Waals surface area contributed by atoms with E-state index in [9.17, 15) is 9.59 Å². The van der Waals surface area contributed by atoms with Crippen LogP contribution in [0.25, 0.3) is 11.4 Å². The van der Waals surface area contributed by atoms with E-state index < -0.39 is 5.91 Å². The molecule has 192 valence electrons. The lowest BCUT2D eigenvalue weighted by molar-refractivity contribution is -0.113. The quantitative estimate of drug-likeness (QED) is 0.401. The van der Waals surface area contributed by atoms with E-state index in [1.54, 1.807) is 38.0 Å². The third-order valence-corrected chi connectivity index (χ3v) is 8.29. The van der Waals surface area contributed by atoms with Gasteiger partial charge >= 0.3 is 0 Å². The molecule has 0 spiro atoms. The predicted octanol–water partition coefficient (Wildman–Crippen LogP) is 3.52. The van der Waals surface area contributed by atoms with Crippen molar-refractivity contribution >= 4 is 39.9 Å². The van der Waals surface area contributed by atoms with Gasteiger partial charge in [0.15, 0.2) is 22.5 Å². The Morgan fingerprint density at radius 1 is 1.19 bits per heavy atom. The first-order chi connectivity index (χ1) is 17.3. The maximum atomic E-state index is 12.8. The van der Waals surface area contributed by atoms with Gasteiger partial charge in [0.2, 0.25) is 11.7 Å².